The lowest BCUT2D eigenvalue weighted by molar-refractivity contribution is 0.0980. The number of rotatable bonds is 5. The Labute approximate surface area is 168 Å². The van der Waals surface area contributed by atoms with Crippen LogP contribution in [0.1, 0.15) is 31.8 Å². The molecule has 1 aliphatic carbocycles. The van der Waals surface area contributed by atoms with Crippen LogP contribution in [0.15, 0.2) is 83.5 Å². The minimum absolute atomic E-state index is 0.0718. The van der Waals surface area contributed by atoms with Gasteiger partial charge in [-0.05, 0) is 35.4 Å². The normalized spacial score (nSPS) is 13.9. The fourth-order valence-electron chi connectivity index (χ4n) is 3.56. The Morgan fingerprint density at radius 3 is 2.31 bits per heavy atom. The standard InChI is InChI=1S/C22H18N2O4S/c23-29(27,28)20-8-4-7-18-21(20)19(25)13-17(22(18)26)12-15-5-3-6-16(11-15)14-24-9-1-2-10-24/h1-11,13H,12,14H2,(H2,23,27,28). The van der Waals surface area contributed by atoms with E-state index in [2.05, 4.69) is 0 Å². The molecule has 0 bridgehead atoms. The van der Waals surface area contributed by atoms with Crippen LogP contribution < -0.4 is 5.14 Å². The number of primary sulfonamides is 1. The highest BCUT2D eigenvalue weighted by Gasteiger charge is 2.30. The number of benzene rings is 2. The van der Waals surface area contributed by atoms with E-state index in [-0.39, 0.29) is 28.2 Å². The predicted octanol–water partition coefficient (Wildman–Crippen LogP) is 2.73. The molecule has 3 aromatic rings. The minimum atomic E-state index is -4.11. The van der Waals surface area contributed by atoms with E-state index in [0.29, 0.717) is 12.1 Å². The number of allylic oxidation sites excluding steroid dienone is 2. The molecule has 0 saturated carbocycles. The first-order valence-electron chi connectivity index (χ1n) is 8.97. The Bertz CT molecular complexity index is 1260. The summed E-state index contributed by atoms with van der Waals surface area (Å²) in [6.45, 7) is 0.702. The largest absolute Gasteiger partial charge is 0.350 e. The van der Waals surface area contributed by atoms with Crippen molar-refractivity contribution in [1.82, 2.24) is 4.57 Å². The van der Waals surface area contributed by atoms with Crippen LogP contribution in [-0.4, -0.2) is 24.6 Å². The highest BCUT2D eigenvalue weighted by molar-refractivity contribution is 7.89. The van der Waals surface area contributed by atoms with Crippen molar-refractivity contribution in [2.45, 2.75) is 17.9 Å². The number of hydrogen-bond donors (Lipinski definition) is 1. The molecule has 0 unspecified atom stereocenters. The summed E-state index contributed by atoms with van der Waals surface area (Å²) >= 11 is 0. The summed E-state index contributed by atoms with van der Waals surface area (Å²) in [5.74, 6) is -0.886. The smallest absolute Gasteiger partial charge is 0.238 e. The van der Waals surface area contributed by atoms with Crippen molar-refractivity contribution in [3.8, 4) is 0 Å². The van der Waals surface area contributed by atoms with Gasteiger partial charge >= 0.3 is 0 Å². The van der Waals surface area contributed by atoms with Gasteiger partial charge in [0, 0.05) is 36.5 Å². The van der Waals surface area contributed by atoms with Crippen LogP contribution >= 0.6 is 0 Å². The molecule has 0 radical (unpaired) electrons. The number of sulfonamides is 1. The zero-order valence-electron chi connectivity index (χ0n) is 15.4. The van der Waals surface area contributed by atoms with Gasteiger partial charge in [0.2, 0.25) is 10.0 Å². The Morgan fingerprint density at radius 2 is 1.59 bits per heavy atom. The number of fused-ring (bicyclic) bond motifs is 1. The van der Waals surface area contributed by atoms with E-state index in [1.165, 1.54) is 24.3 Å². The van der Waals surface area contributed by atoms with E-state index in [0.717, 1.165) is 11.1 Å². The molecule has 0 spiro atoms. The Morgan fingerprint density at radius 1 is 0.897 bits per heavy atom. The molecular formula is C22H18N2O4S. The minimum Gasteiger partial charge on any atom is -0.350 e. The first-order valence-corrected chi connectivity index (χ1v) is 10.5. The van der Waals surface area contributed by atoms with Crippen molar-refractivity contribution in [3.63, 3.8) is 0 Å². The Hall–Kier alpha value is -3.29. The van der Waals surface area contributed by atoms with Crippen molar-refractivity contribution in [3.05, 3.63) is 101 Å². The maximum atomic E-state index is 12.9. The van der Waals surface area contributed by atoms with Gasteiger partial charge in [0.1, 0.15) is 0 Å². The third-order valence-corrected chi connectivity index (χ3v) is 5.79. The molecule has 6 nitrogen and oxygen atoms in total. The van der Waals surface area contributed by atoms with Gasteiger partial charge in [0.25, 0.3) is 0 Å². The van der Waals surface area contributed by atoms with E-state index in [1.54, 1.807) is 0 Å². The van der Waals surface area contributed by atoms with Crippen LogP contribution in [0.3, 0.4) is 0 Å². The van der Waals surface area contributed by atoms with E-state index in [1.807, 2.05) is 53.4 Å². The lowest BCUT2D eigenvalue weighted by atomic mass is 9.86. The molecule has 4 rings (SSSR count). The SMILES string of the molecule is NS(=O)(=O)c1cccc2c1C(=O)C=C(Cc1cccc(Cn3cccc3)c1)C2=O. The lowest BCUT2D eigenvalue weighted by Crippen LogP contribution is -2.23. The molecule has 0 amide bonds. The summed E-state index contributed by atoms with van der Waals surface area (Å²) in [4.78, 5) is 25.2. The van der Waals surface area contributed by atoms with Crippen molar-refractivity contribution in [1.29, 1.82) is 0 Å². The molecule has 1 aliphatic rings. The molecule has 7 heteroatoms. The van der Waals surface area contributed by atoms with Gasteiger partial charge in [-0.1, -0.05) is 36.4 Å². The third-order valence-electron chi connectivity index (χ3n) is 4.84. The van der Waals surface area contributed by atoms with Gasteiger partial charge in [-0.2, -0.15) is 0 Å². The predicted molar refractivity (Wildman–Crippen MR) is 108 cm³/mol. The second-order valence-electron chi connectivity index (χ2n) is 6.94. The summed E-state index contributed by atoms with van der Waals surface area (Å²) in [6.07, 6.45) is 5.44. The number of ketones is 2. The lowest BCUT2D eigenvalue weighted by Gasteiger charge is -2.17. The fraction of sp³-hybridized carbons (Fsp3) is 0.0909. The van der Waals surface area contributed by atoms with E-state index in [4.69, 9.17) is 5.14 Å². The van der Waals surface area contributed by atoms with Crippen molar-refractivity contribution < 1.29 is 18.0 Å². The molecule has 0 aliphatic heterocycles. The Kier molecular flexibility index (Phi) is 4.77. The van der Waals surface area contributed by atoms with Crippen LogP contribution in [0.5, 0.6) is 0 Å². The molecule has 0 atom stereocenters. The molecular weight excluding hydrogens is 388 g/mol. The van der Waals surface area contributed by atoms with Gasteiger partial charge in [0.05, 0.1) is 10.5 Å². The first-order chi connectivity index (χ1) is 13.8. The summed E-state index contributed by atoms with van der Waals surface area (Å²) in [5.41, 5.74) is 2.22. The van der Waals surface area contributed by atoms with Gasteiger partial charge in [-0.3, -0.25) is 9.59 Å². The summed E-state index contributed by atoms with van der Waals surface area (Å²) in [6, 6.07) is 15.8. The number of carbonyl (C=O) groups is 2. The molecule has 0 saturated heterocycles. The fourth-order valence-corrected chi connectivity index (χ4v) is 4.32. The molecule has 1 aromatic heterocycles. The number of Topliss-reactive ketones (excluding diaryl/α,β-unsaturated/α-hetero) is 1. The molecule has 146 valence electrons. The highest BCUT2D eigenvalue weighted by Crippen LogP contribution is 2.28. The van der Waals surface area contributed by atoms with Crippen molar-refractivity contribution >= 4 is 21.6 Å². The monoisotopic (exact) mass is 406 g/mol. The average molecular weight is 406 g/mol. The number of nitrogens with two attached hydrogens (primary N) is 1. The quantitative estimate of drug-likeness (QED) is 0.704. The van der Waals surface area contributed by atoms with Crippen molar-refractivity contribution in [2.24, 2.45) is 5.14 Å². The summed E-state index contributed by atoms with van der Waals surface area (Å²) < 4.78 is 25.6. The first kappa shape index (κ1) is 19.0. The number of carbonyl (C=O) groups excluding carboxylic acids is 2. The maximum absolute atomic E-state index is 12.9. The van der Waals surface area contributed by atoms with Crippen LogP contribution in [0.2, 0.25) is 0 Å². The van der Waals surface area contributed by atoms with Crippen LogP contribution in [-0.2, 0) is 23.0 Å². The van der Waals surface area contributed by atoms with E-state index < -0.39 is 15.8 Å². The van der Waals surface area contributed by atoms with Crippen LogP contribution in [0.4, 0.5) is 0 Å². The van der Waals surface area contributed by atoms with E-state index in [9.17, 15) is 18.0 Å². The second kappa shape index (κ2) is 7.27. The van der Waals surface area contributed by atoms with Crippen LogP contribution in [0.25, 0.3) is 0 Å². The van der Waals surface area contributed by atoms with Crippen LogP contribution in [0, 0.1) is 0 Å². The van der Waals surface area contributed by atoms with Crippen molar-refractivity contribution in [2.75, 3.05) is 0 Å². The molecule has 29 heavy (non-hydrogen) atoms. The number of hydrogen-bond acceptors (Lipinski definition) is 4. The zero-order valence-corrected chi connectivity index (χ0v) is 16.2. The molecule has 2 N–H and O–H groups in total. The molecule has 0 fully saturated rings. The highest BCUT2D eigenvalue weighted by atomic mass is 32.2. The maximum Gasteiger partial charge on any atom is 0.238 e. The summed E-state index contributed by atoms with van der Waals surface area (Å²) in [5, 5.41) is 5.20. The van der Waals surface area contributed by atoms with Gasteiger partial charge in [0.15, 0.2) is 11.6 Å². The Balaban J connectivity index is 1.64. The zero-order chi connectivity index (χ0) is 20.6. The number of aromatic nitrogens is 1. The topological polar surface area (TPSA) is 99.2 Å². The average Bonchev–Trinajstić information content (AvgIpc) is 3.18. The van der Waals surface area contributed by atoms with E-state index >= 15 is 0 Å². The van der Waals surface area contributed by atoms with Gasteiger partial charge in [-0.15, -0.1) is 0 Å². The molecule has 1 heterocycles. The van der Waals surface area contributed by atoms with Gasteiger partial charge < -0.3 is 4.57 Å². The van der Waals surface area contributed by atoms with Gasteiger partial charge in [-0.25, -0.2) is 13.6 Å². The third kappa shape index (κ3) is 3.83. The molecule has 2 aromatic carbocycles. The second-order valence-corrected chi connectivity index (χ2v) is 8.47. The number of nitrogens with zero attached hydrogens (tertiary/aromatic N) is 1. The summed E-state index contributed by atoms with van der Waals surface area (Å²) in [7, 11) is -4.11.